The summed E-state index contributed by atoms with van der Waals surface area (Å²) in [5, 5.41) is 5.68. The van der Waals surface area contributed by atoms with Crippen molar-refractivity contribution in [3.05, 3.63) is 48.2 Å². The van der Waals surface area contributed by atoms with Crippen LogP contribution in [0.15, 0.2) is 42.6 Å². The molecule has 2 aliphatic heterocycles. The Hall–Kier alpha value is -2.76. The number of ether oxygens (including phenoxy) is 1. The molecule has 0 saturated carbocycles. The van der Waals surface area contributed by atoms with Crippen LogP contribution in [0.2, 0.25) is 0 Å². The lowest BCUT2D eigenvalue weighted by molar-refractivity contribution is 0.219. The standard InChI is InChI=1S/C19H22N4O2/c24-19(21-13-16-11-14-5-1-2-6-17(14)25-16)22-15-7-8-18(20-12-15)23-9-3-4-10-23/h1-2,5-8,12,16H,3-4,9-11,13H2,(H2,21,22,24)/t16-/m1/s1. The predicted octanol–water partition coefficient (Wildman–Crippen LogP) is 2.81. The molecule has 25 heavy (non-hydrogen) atoms. The number of aromatic nitrogens is 1. The van der Waals surface area contributed by atoms with Crippen LogP contribution in [0.5, 0.6) is 5.75 Å². The van der Waals surface area contributed by atoms with E-state index in [-0.39, 0.29) is 12.1 Å². The topological polar surface area (TPSA) is 66.5 Å². The largest absolute Gasteiger partial charge is 0.488 e. The van der Waals surface area contributed by atoms with Crippen molar-refractivity contribution in [3.63, 3.8) is 0 Å². The summed E-state index contributed by atoms with van der Waals surface area (Å²) in [5.74, 6) is 1.89. The summed E-state index contributed by atoms with van der Waals surface area (Å²) in [6.45, 7) is 2.59. The summed E-state index contributed by atoms with van der Waals surface area (Å²) in [7, 11) is 0. The van der Waals surface area contributed by atoms with E-state index in [2.05, 4.69) is 26.6 Å². The Labute approximate surface area is 147 Å². The van der Waals surface area contributed by atoms with E-state index in [1.807, 2.05) is 30.3 Å². The number of pyridine rings is 1. The monoisotopic (exact) mass is 338 g/mol. The summed E-state index contributed by atoms with van der Waals surface area (Å²) in [4.78, 5) is 18.8. The van der Waals surface area contributed by atoms with Crippen molar-refractivity contribution < 1.29 is 9.53 Å². The minimum absolute atomic E-state index is 0.0150. The van der Waals surface area contributed by atoms with E-state index in [0.29, 0.717) is 12.2 Å². The first-order valence-electron chi connectivity index (χ1n) is 8.78. The number of fused-ring (bicyclic) bond motifs is 1. The summed E-state index contributed by atoms with van der Waals surface area (Å²) in [5.41, 5.74) is 1.88. The van der Waals surface area contributed by atoms with Gasteiger partial charge in [-0.25, -0.2) is 9.78 Å². The molecule has 6 heteroatoms. The fourth-order valence-corrected chi connectivity index (χ4v) is 3.34. The third kappa shape index (κ3) is 3.68. The fourth-order valence-electron chi connectivity index (χ4n) is 3.34. The molecule has 2 amide bonds. The summed E-state index contributed by atoms with van der Waals surface area (Å²) < 4.78 is 5.82. The number of hydrogen-bond donors (Lipinski definition) is 2. The number of nitrogens with one attached hydrogen (secondary N) is 2. The zero-order valence-electron chi connectivity index (χ0n) is 14.1. The van der Waals surface area contributed by atoms with Gasteiger partial charge in [0.2, 0.25) is 0 Å². The van der Waals surface area contributed by atoms with Crippen LogP contribution in [0, 0.1) is 0 Å². The number of hydrogen-bond acceptors (Lipinski definition) is 4. The summed E-state index contributed by atoms with van der Waals surface area (Å²) >= 11 is 0. The van der Waals surface area contributed by atoms with Gasteiger partial charge in [0, 0.05) is 19.5 Å². The van der Waals surface area contributed by atoms with Crippen molar-refractivity contribution in [2.45, 2.75) is 25.4 Å². The van der Waals surface area contributed by atoms with Crippen molar-refractivity contribution in [1.29, 1.82) is 0 Å². The Morgan fingerprint density at radius 2 is 2.04 bits per heavy atom. The van der Waals surface area contributed by atoms with Crippen LogP contribution in [-0.4, -0.2) is 36.8 Å². The summed E-state index contributed by atoms with van der Waals surface area (Å²) in [6.07, 6.45) is 4.95. The molecule has 3 heterocycles. The molecular formula is C19H22N4O2. The average Bonchev–Trinajstić information content (AvgIpc) is 3.30. The Kier molecular flexibility index (Phi) is 4.41. The first kappa shape index (κ1) is 15.7. The van der Waals surface area contributed by atoms with Crippen LogP contribution in [0.4, 0.5) is 16.3 Å². The lowest BCUT2D eigenvalue weighted by Crippen LogP contribution is -2.37. The van der Waals surface area contributed by atoms with Crippen LogP contribution in [-0.2, 0) is 6.42 Å². The molecule has 0 radical (unpaired) electrons. The zero-order valence-corrected chi connectivity index (χ0v) is 14.1. The maximum absolute atomic E-state index is 12.1. The lowest BCUT2D eigenvalue weighted by atomic mass is 10.1. The molecule has 0 spiro atoms. The average molecular weight is 338 g/mol. The number of urea groups is 1. The van der Waals surface area contributed by atoms with E-state index >= 15 is 0 Å². The van der Waals surface area contributed by atoms with E-state index < -0.39 is 0 Å². The summed E-state index contributed by atoms with van der Waals surface area (Å²) in [6, 6.07) is 11.6. The lowest BCUT2D eigenvalue weighted by Gasteiger charge is -2.16. The van der Waals surface area contributed by atoms with Crippen molar-refractivity contribution in [3.8, 4) is 5.75 Å². The van der Waals surface area contributed by atoms with Crippen LogP contribution in [0.25, 0.3) is 0 Å². The molecule has 0 aliphatic carbocycles. The molecular weight excluding hydrogens is 316 g/mol. The van der Waals surface area contributed by atoms with Gasteiger partial charge in [-0.15, -0.1) is 0 Å². The van der Waals surface area contributed by atoms with Crippen LogP contribution in [0.3, 0.4) is 0 Å². The van der Waals surface area contributed by atoms with E-state index in [4.69, 9.17) is 4.74 Å². The van der Waals surface area contributed by atoms with Crippen molar-refractivity contribution in [1.82, 2.24) is 10.3 Å². The minimum atomic E-state index is -0.240. The highest BCUT2D eigenvalue weighted by molar-refractivity contribution is 5.89. The second-order valence-corrected chi connectivity index (χ2v) is 6.49. The minimum Gasteiger partial charge on any atom is -0.488 e. The van der Waals surface area contributed by atoms with Gasteiger partial charge in [-0.05, 0) is 36.6 Å². The first-order valence-corrected chi connectivity index (χ1v) is 8.78. The Balaban J connectivity index is 1.25. The van der Waals surface area contributed by atoms with Gasteiger partial charge in [0.05, 0.1) is 18.4 Å². The second kappa shape index (κ2) is 7.01. The van der Waals surface area contributed by atoms with Gasteiger partial charge in [-0.2, -0.15) is 0 Å². The van der Waals surface area contributed by atoms with E-state index in [9.17, 15) is 4.79 Å². The number of nitrogens with zero attached hydrogens (tertiary/aromatic N) is 2. The normalized spacial score (nSPS) is 18.6. The SMILES string of the molecule is O=C(NC[C@H]1Cc2ccccc2O1)Nc1ccc(N2CCCC2)nc1. The van der Waals surface area contributed by atoms with Crippen molar-refractivity contribution in [2.75, 3.05) is 29.9 Å². The first-order chi connectivity index (χ1) is 12.3. The molecule has 2 aromatic rings. The van der Waals surface area contributed by atoms with E-state index in [1.165, 1.54) is 18.4 Å². The van der Waals surface area contributed by atoms with Gasteiger partial charge in [-0.3, -0.25) is 0 Å². The quantitative estimate of drug-likeness (QED) is 0.900. The van der Waals surface area contributed by atoms with Gasteiger partial charge in [0.15, 0.2) is 0 Å². The number of rotatable bonds is 4. The Bertz CT molecular complexity index is 716. The molecule has 1 fully saturated rings. The predicted molar refractivity (Wildman–Crippen MR) is 97.3 cm³/mol. The van der Waals surface area contributed by atoms with Gasteiger partial charge in [0.25, 0.3) is 0 Å². The third-order valence-corrected chi connectivity index (χ3v) is 4.64. The smallest absolute Gasteiger partial charge is 0.319 e. The van der Waals surface area contributed by atoms with Gasteiger partial charge in [0.1, 0.15) is 17.7 Å². The highest BCUT2D eigenvalue weighted by Crippen LogP contribution is 2.27. The van der Waals surface area contributed by atoms with Gasteiger partial charge in [-0.1, -0.05) is 18.2 Å². The molecule has 1 aromatic carbocycles. The zero-order chi connectivity index (χ0) is 17.1. The maximum Gasteiger partial charge on any atom is 0.319 e. The van der Waals surface area contributed by atoms with Crippen molar-refractivity contribution >= 4 is 17.5 Å². The molecule has 130 valence electrons. The van der Waals surface area contributed by atoms with Crippen LogP contribution >= 0.6 is 0 Å². The Morgan fingerprint density at radius 3 is 2.80 bits per heavy atom. The van der Waals surface area contributed by atoms with E-state index in [0.717, 1.165) is 31.1 Å². The highest BCUT2D eigenvalue weighted by atomic mass is 16.5. The fraction of sp³-hybridized carbons (Fsp3) is 0.368. The molecule has 1 aromatic heterocycles. The molecule has 1 saturated heterocycles. The molecule has 0 bridgehead atoms. The van der Waals surface area contributed by atoms with Gasteiger partial charge < -0.3 is 20.3 Å². The number of amides is 2. The van der Waals surface area contributed by atoms with E-state index in [1.54, 1.807) is 6.20 Å². The van der Waals surface area contributed by atoms with Crippen molar-refractivity contribution in [2.24, 2.45) is 0 Å². The number of anilines is 2. The number of benzene rings is 1. The van der Waals surface area contributed by atoms with Crippen LogP contribution in [0.1, 0.15) is 18.4 Å². The molecule has 2 aliphatic rings. The maximum atomic E-state index is 12.1. The molecule has 1 atom stereocenters. The second-order valence-electron chi connectivity index (χ2n) is 6.49. The number of para-hydroxylation sites is 1. The molecule has 0 unspecified atom stereocenters. The van der Waals surface area contributed by atoms with Gasteiger partial charge >= 0.3 is 6.03 Å². The Morgan fingerprint density at radius 1 is 1.20 bits per heavy atom. The van der Waals surface area contributed by atoms with Crippen LogP contribution < -0.4 is 20.3 Å². The number of carbonyl (C=O) groups excluding carboxylic acids is 1. The number of carbonyl (C=O) groups is 1. The third-order valence-electron chi connectivity index (χ3n) is 4.64. The molecule has 6 nitrogen and oxygen atoms in total. The molecule has 2 N–H and O–H groups in total. The molecule has 4 rings (SSSR count). The highest BCUT2D eigenvalue weighted by Gasteiger charge is 2.22.